The van der Waals surface area contributed by atoms with Crippen LogP contribution in [0, 0.1) is 6.92 Å². The molecule has 1 amide bonds. The molecule has 0 saturated heterocycles. The molecule has 1 N–H and O–H groups in total. The molecule has 0 aromatic heterocycles. The third-order valence-corrected chi connectivity index (χ3v) is 6.71. The number of amides is 1. The lowest BCUT2D eigenvalue weighted by Gasteiger charge is -2.29. The molecule has 0 radical (unpaired) electrons. The van der Waals surface area contributed by atoms with Crippen LogP contribution in [0.5, 0.6) is 0 Å². The molecule has 2 rings (SSSR count). The van der Waals surface area contributed by atoms with Crippen molar-refractivity contribution in [2.75, 3.05) is 22.9 Å². The molecule has 0 aliphatic rings. The van der Waals surface area contributed by atoms with Crippen molar-refractivity contribution in [3.8, 4) is 0 Å². The highest BCUT2D eigenvalue weighted by Gasteiger charge is 2.30. The van der Waals surface area contributed by atoms with Gasteiger partial charge in [-0.3, -0.25) is 9.10 Å². The zero-order chi connectivity index (χ0) is 20.9. The zero-order valence-corrected chi connectivity index (χ0v) is 18.9. The van der Waals surface area contributed by atoms with E-state index in [1.165, 1.54) is 0 Å². The van der Waals surface area contributed by atoms with Crippen LogP contribution >= 0.6 is 35.0 Å². The summed E-state index contributed by atoms with van der Waals surface area (Å²) in [6, 6.07) is 11.5. The van der Waals surface area contributed by atoms with Gasteiger partial charge in [0.2, 0.25) is 15.9 Å². The highest BCUT2D eigenvalue weighted by molar-refractivity contribution is 7.99. The number of benzene rings is 2. The lowest BCUT2D eigenvalue weighted by molar-refractivity contribution is -0.121. The van der Waals surface area contributed by atoms with Crippen LogP contribution in [0.15, 0.2) is 47.4 Å². The summed E-state index contributed by atoms with van der Waals surface area (Å²) in [5, 5.41) is 3.87. The molecule has 0 saturated carbocycles. The summed E-state index contributed by atoms with van der Waals surface area (Å²) in [5.74, 6) is 0.274. The quantitative estimate of drug-likeness (QED) is 0.469. The van der Waals surface area contributed by atoms with Crippen LogP contribution in [0.3, 0.4) is 0 Å². The molecule has 152 valence electrons. The lowest BCUT2D eigenvalue weighted by atomic mass is 10.2. The smallest absolute Gasteiger partial charge is 0.243 e. The minimum Gasteiger partial charge on any atom is -0.353 e. The number of carbonyl (C=O) groups excluding carboxylic acids is 1. The highest BCUT2D eigenvalue weighted by atomic mass is 35.5. The second kappa shape index (κ2) is 9.87. The van der Waals surface area contributed by atoms with Gasteiger partial charge in [-0.2, -0.15) is 0 Å². The molecule has 5 nitrogen and oxygen atoms in total. The molecule has 2 aromatic carbocycles. The number of thioether (sulfide) groups is 1. The number of aryl methyl sites for hydroxylation is 1. The fourth-order valence-electron chi connectivity index (χ4n) is 2.62. The van der Waals surface area contributed by atoms with E-state index in [1.807, 2.05) is 24.3 Å². The Bertz CT molecular complexity index is 935. The molecule has 0 spiro atoms. The maximum atomic E-state index is 12.6. The molecule has 0 fully saturated rings. The van der Waals surface area contributed by atoms with Gasteiger partial charge in [-0.05, 0) is 55.8 Å². The first kappa shape index (κ1) is 22.9. The molecule has 0 bridgehead atoms. The Hall–Kier alpha value is -1.41. The Balaban J connectivity index is 2.03. The van der Waals surface area contributed by atoms with Crippen LogP contribution < -0.4 is 9.62 Å². The minimum absolute atomic E-state index is 0.374. The largest absolute Gasteiger partial charge is 0.353 e. The molecule has 0 heterocycles. The number of anilines is 1. The molecule has 0 unspecified atom stereocenters. The number of carbonyl (C=O) groups is 1. The Kier molecular flexibility index (Phi) is 8.07. The first-order valence-corrected chi connectivity index (χ1v) is 12.1. The van der Waals surface area contributed by atoms with E-state index in [0.29, 0.717) is 33.6 Å². The molecule has 1 atom stereocenters. The van der Waals surface area contributed by atoms with Crippen molar-refractivity contribution in [3.05, 3.63) is 58.1 Å². The van der Waals surface area contributed by atoms with Gasteiger partial charge in [0.1, 0.15) is 6.04 Å². The van der Waals surface area contributed by atoms with E-state index in [-0.39, 0.29) is 5.91 Å². The fraction of sp³-hybridized carbons (Fsp3) is 0.316. The van der Waals surface area contributed by atoms with Crippen LogP contribution in [0.2, 0.25) is 10.0 Å². The molecule has 0 aliphatic heterocycles. The van der Waals surface area contributed by atoms with E-state index in [4.69, 9.17) is 23.2 Å². The van der Waals surface area contributed by atoms with Gasteiger partial charge in [-0.1, -0.05) is 29.3 Å². The molecule has 0 aliphatic carbocycles. The molecular formula is C19H22Cl2N2O3S2. The fourth-order valence-corrected chi connectivity index (χ4v) is 4.91. The van der Waals surface area contributed by atoms with Crippen molar-refractivity contribution >= 4 is 56.6 Å². The summed E-state index contributed by atoms with van der Waals surface area (Å²) in [6.45, 7) is 3.74. The predicted octanol–water partition coefficient (Wildman–Crippen LogP) is 4.36. The van der Waals surface area contributed by atoms with Crippen LogP contribution in [0.4, 0.5) is 5.69 Å². The van der Waals surface area contributed by atoms with Gasteiger partial charge in [-0.25, -0.2) is 8.42 Å². The summed E-state index contributed by atoms with van der Waals surface area (Å²) in [7, 11) is -3.68. The predicted molar refractivity (Wildman–Crippen MR) is 118 cm³/mol. The minimum atomic E-state index is -3.68. The Labute approximate surface area is 180 Å². The van der Waals surface area contributed by atoms with Crippen molar-refractivity contribution in [3.63, 3.8) is 0 Å². The number of nitrogens with zero attached hydrogens (tertiary/aromatic N) is 1. The third-order valence-electron chi connectivity index (χ3n) is 3.98. The van der Waals surface area contributed by atoms with Gasteiger partial charge < -0.3 is 5.32 Å². The van der Waals surface area contributed by atoms with Crippen molar-refractivity contribution in [2.45, 2.75) is 24.8 Å². The van der Waals surface area contributed by atoms with Gasteiger partial charge in [0.05, 0.1) is 11.9 Å². The number of sulfonamides is 1. The maximum absolute atomic E-state index is 12.6. The average molecular weight is 461 g/mol. The van der Waals surface area contributed by atoms with Gasteiger partial charge >= 0.3 is 0 Å². The monoisotopic (exact) mass is 460 g/mol. The Morgan fingerprint density at radius 2 is 1.75 bits per heavy atom. The maximum Gasteiger partial charge on any atom is 0.243 e. The molecular weight excluding hydrogens is 439 g/mol. The van der Waals surface area contributed by atoms with Crippen LogP contribution in [0.1, 0.15) is 12.5 Å². The van der Waals surface area contributed by atoms with E-state index < -0.39 is 16.1 Å². The summed E-state index contributed by atoms with van der Waals surface area (Å²) in [5.41, 5.74) is 1.11. The van der Waals surface area contributed by atoms with Crippen LogP contribution in [-0.4, -0.2) is 38.9 Å². The third kappa shape index (κ3) is 6.30. The molecule has 28 heavy (non-hydrogen) atoms. The molecule has 2 aromatic rings. The van der Waals surface area contributed by atoms with Crippen LogP contribution in [0.25, 0.3) is 0 Å². The van der Waals surface area contributed by atoms with Gasteiger partial charge in [0, 0.05) is 27.2 Å². The second-order valence-electron chi connectivity index (χ2n) is 6.26. The number of hydrogen-bond donors (Lipinski definition) is 1. The average Bonchev–Trinajstić information content (AvgIpc) is 2.62. The summed E-state index contributed by atoms with van der Waals surface area (Å²) in [6.07, 6.45) is 1.08. The number of halogens is 2. The lowest BCUT2D eigenvalue weighted by Crippen LogP contribution is -2.48. The number of nitrogens with one attached hydrogen (secondary N) is 1. The first-order chi connectivity index (χ1) is 13.1. The topological polar surface area (TPSA) is 66.5 Å². The van der Waals surface area contributed by atoms with Gasteiger partial charge in [-0.15, -0.1) is 11.8 Å². The Morgan fingerprint density at radius 3 is 2.36 bits per heavy atom. The van der Waals surface area contributed by atoms with E-state index in [2.05, 4.69) is 5.32 Å². The summed E-state index contributed by atoms with van der Waals surface area (Å²) < 4.78 is 25.9. The van der Waals surface area contributed by atoms with Crippen molar-refractivity contribution in [1.29, 1.82) is 0 Å². The first-order valence-electron chi connectivity index (χ1n) is 8.51. The highest BCUT2D eigenvalue weighted by Crippen LogP contribution is 2.28. The van der Waals surface area contributed by atoms with Crippen molar-refractivity contribution in [1.82, 2.24) is 5.32 Å². The Morgan fingerprint density at radius 1 is 1.14 bits per heavy atom. The van der Waals surface area contributed by atoms with Gasteiger partial charge in [0.25, 0.3) is 0 Å². The summed E-state index contributed by atoms with van der Waals surface area (Å²) >= 11 is 13.5. The number of rotatable bonds is 8. The SMILES string of the molecule is Cc1ccc(Cl)cc1N([C@H](C)C(=O)NCCSc1ccc(Cl)cc1)S(C)(=O)=O. The zero-order valence-electron chi connectivity index (χ0n) is 15.8. The standard InChI is InChI=1S/C19H22Cl2N2O3S2/c1-13-4-5-16(21)12-18(13)23(28(3,25)26)14(2)19(24)22-10-11-27-17-8-6-15(20)7-9-17/h4-9,12,14H,10-11H2,1-3H3,(H,22,24)/t14-/m1/s1. The van der Waals surface area contributed by atoms with Crippen molar-refractivity contribution in [2.24, 2.45) is 0 Å². The molecule has 9 heteroatoms. The van der Waals surface area contributed by atoms with Gasteiger partial charge in [0.15, 0.2) is 0 Å². The number of hydrogen-bond acceptors (Lipinski definition) is 4. The van der Waals surface area contributed by atoms with E-state index in [0.717, 1.165) is 15.5 Å². The van der Waals surface area contributed by atoms with E-state index in [9.17, 15) is 13.2 Å². The normalized spacial score (nSPS) is 12.5. The second-order valence-corrected chi connectivity index (χ2v) is 10.2. The van der Waals surface area contributed by atoms with E-state index >= 15 is 0 Å². The van der Waals surface area contributed by atoms with E-state index in [1.54, 1.807) is 43.8 Å². The van der Waals surface area contributed by atoms with Crippen molar-refractivity contribution < 1.29 is 13.2 Å². The summed E-state index contributed by atoms with van der Waals surface area (Å²) in [4.78, 5) is 13.6. The van der Waals surface area contributed by atoms with Crippen LogP contribution in [-0.2, 0) is 14.8 Å².